The molecule has 0 heterocycles. The van der Waals surface area contributed by atoms with Crippen molar-refractivity contribution in [2.75, 3.05) is 0 Å². The van der Waals surface area contributed by atoms with Gasteiger partial charge in [-0.15, -0.1) is 0 Å². The molecule has 0 N–H and O–H groups in total. The molecule has 4 heteroatoms. The van der Waals surface area contributed by atoms with Crippen LogP contribution in [0.3, 0.4) is 0 Å². The van der Waals surface area contributed by atoms with Gasteiger partial charge in [-0.3, -0.25) is 0 Å². The molecule has 1 unspecified atom stereocenters. The lowest BCUT2D eigenvalue weighted by atomic mass is 10.0. The normalized spacial score (nSPS) is 57.0. The summed E-state index contributed by atoms with van der Waals surface area (Å²) in [5.41, 5.74) is 0. The van der Waals surface area contributed by atoms with E-state index in [-0.39, 0.29) is 0 Å². The van der Waals surface area contributed by atoms with Gasteiger partial charge < -0.3 is 0 Å². The van der Waals surface area contributed by atoms with E-state index < -0.39 is 0 Å². The first-order valence-electron chi connectivity index (χ1n) is 4.21. The van der Waals surface area contributed by atoms with E-state index in [1.807, 2.05) is 0 Å². The molecule has 3 aliphatic carbocycles. The van der Waals surface area contributed by atoms with Crippen molar-refractivity contribution in [1.29, 1.82) is 0 Å². The lowest BCUT2D eigenvalue weighted by molar-refractivity contribution is 0.457. The minimum absolute atomic E-state index is 0.309. The maximum absolute atomic E-state index is 3.75. The summed E-state index contributed by atoms with van der Waals surface area (Å²) in [6.45, 7) is 0. The van der Waals surface area contributed by atoms with Gasteiger partial charge in [0.05, 0.1) is 6.47 Å². The average Bonchev–Trinajstić information content (AvgIpc) is 2.72. The van der Waals surface area contributed by atoms with Crippen LogP contribution in [-0.2, 0) is 0 Å². The second-order valence-electron chi connectivity index (χ2n) is 4.25. The van der Waals surface area contributed by atoms with E-state index in [2.05, 4.69) is 63.7 Å². The summed E-state index contributed by atoms with van der Waals surface area (Å²) in [6, 6.07) is 0. The zero-order valence-corrected chi connectivity index (χ0v) is 12.6. The Labute approximate surface area is 106 Å². The number of alkyl halides is 4. The van der Waals surface area contributed by atoms with E-state index in [1.54, 1.807) is 0 Å². The third kappa shape index (κ3) is 0.989. The number of halogens is 4. The lowest BCUT2D eigenvalue weighted by Crippen LogP contribution is -1.95. The van der Waals surface area contributed by atoms with Crippen molar-refractivity contribution in [3.05, 3.63) is 0 Å². The van der Waals surface area contributed by atoms with Gasteiger partial charge >= 0.3 is 0 Å². The molecule has 0 radical (unpaired) electrons. The minimum atomic E-state index is 0.309. The van der Waals surface area contributed by atoms with Gasteiger partial charge in [-0.1, -0.05) is 63.7 Å². The standard InChI is InChI=1S/C8H8Br4/c9-7(10)3-1-4-6(2-5(3)7)8(4,11)12/h3-6H,1-2H2/t3-,4+,5-,6?/m0/s1. The maximum Gasteiger partial charge on any atom is 0.0868 e. The summed E-state index contributed by atoms with van der Waals surface area (Å²) in [7, 11) is 0. The molecule has 0 aliphatic heterocycles. The van der Waals surface area contributed by atoms with Crippen LogP contribution in [0.1, 0.15) is 12.8 Å². The predicted octanol–water partition coefficient (Wildman–Crippen LogP) is 4.24. The Morgan fingerprint density at radius 1 is 0.667 bits per heavy atom. The highest BCUT2D eigenvalue weighted by atomic mass is 79.9. The molecule has 0 nitrogen and oxygen atoms in total. The third-order valence-corrected chi connectivity index (χ3v) is 8.45. The van der Waals surface area contributed by atoms with Crippen molar-refractivity contribution in [3.63, 3.8) is 0 Å². The Morgan fingerprint density at radius 3 is 1.17 bits per heavy atom. The highest BCUT2D eigenvalue weighted by Gasteiger charge is 2.75. The van der Waals surface area contributed by atoms with Crippen LogP contribution in [-0.4, -0.2) is 6.47 Å². The average molecular weight is 424 g/mol. The van der Waals surface area contributed by atoms with Crippen LogP contribution in [0.2, 0.25) is 0 Å². The molecule has 0 aromatic rings. The van der Waals surface area contributed by atoms with Gasteiger partial charge in [0.2, 0.25) is 0 Å². The van der Waals surface area contributed by atoms with Crippen molar-refractivity contribution in [2.24, 2.45) is 23.7 Å². The SMILES string of the molecule is BrC1(Br)C2C[C@H]3[C@H](C[C@H]21)C3(Br)Br. The molecule has 0 amide bonds. The van der Waals surface area contributed by atoms with Gasteiger partial charge in [0, 0.05) is 0 Å². The van der Waals surface area contributed by atoms with Crippen molar-refractivity contribution in [3.8, 4) is 0 Å². The van der Waals surface area contributed by atoms with Crippen molar-refractivity contribution in [1.82, 2.24) is 0 Å². The zero-order valence-electron chi connectivity index (χ0n) is 6.24. The molecule has 0 saturated heterocycles. The fraction of sp³-hybridized carbons (Fsp3) is 1.00. The largest absolute Gasteiger partial charge is 0.0868 e. The molecule has 4 atom stereocenters. The van der Waals surface area contributed by atoms with Crippen molar-refractivity contribution >= 4 is 63.7 Å². The van der Waals surface area contributed by atoms with E-state index in [1.165, 1.54) is 12.8 Å². The summed E-state index contributed by atoms with van der Waals surface area (Å²) in [5.74, 6) is 3.48. The quantitative estimate of drug-likeness (QED) is 0.511. The molecular formula is C8H8Br4. The van der Waals surface area contributed by atoms with Gasteiger partial charge in [-0.25, -0.2) is 0 Å². The third-order valence-electron chi connectivity index (χ3n) is 3.75. The Morgan fingerprint density at radius 2 is 0.917 bits per heavy atom. The minimum Gasteiger partial charge on any atom is -0.0721 e. The molecular weight excluding hydrogens is 416 g/mol. The zero-order chi connectivity index (χ0) is 8.72. The highest BCUT2D eigenvalue weighted by molar-refractivity contribution is 9.26. The second kappa shape index (κ2) is 2.35. The first-order chi connectivity index (χ1) is 5.45. The van der Waals surface area contributed by atoms with Crippen LogP contribution in [0.4, 0.5) is 0 Å². The maximum atomic E-state index is 3.75. The molecule has 0 bridgehead atoms. The smallest absolute Gasteiger partial charge is 0.0721 e. The van der Waals surface area contributed by atoms with Crippen LogP contribution in [0.25, 0.3) is 0 Å². The van der Waals surface area contributed by atoms with Gasteiger partial charge in [0.15, 0.2) is 0 Å². The Kier molecular flexibility index (Phi) is 1.80. The van der Waals surface area contributed by atoms with Crippen LogP contribution < -0.4 is 0 Å². The van der Waals surface area contributed by atoms with E-state index in [0.717, 1.165) is 23.7 Å². The number of hydrogen-bond donors (Lipinski definition) is 0. The van der Waals surface area contributed by atoms with E-state index in [9.17, 15) is 0 Å². The fourth-order valence-corrected chi connectivity index (χ4v) is 6.27. The summed E-state index contributed by atoms with van der Waals surface area (Å²) >= 11 is 15.0. The van der Waals surface area contributed by atoms with Gasteiger partial charge in [-0.05, 0) is 36.5 Å². The predicted molar refractivity (Wildman–Crippen MR) is 64.4 cm³/mol. The van der Waals surface area contributed by atoms with Crippen LogP contribution >= 0.6 is 63.7 Å². The monoisotopic (exact) mass is 420 g/mol. The van der Waals surface area contributed by atoms with E-state index >= 15 is 0 Å². The Bertz CT molecular complexity index is 201. The summed E-state index contributed by atoms with van der Waals surface area (Å²) in [6.07, 6.45) is 2.73. The molecule has 3 rings (SSSR count). The molecule has 0 aromatic carbocycles. The highest BCUT2D eigenvalue weighted by Crippen LogP contribution is 2.79. The first kappa shape index (κ1) is 9.17. The van der Waals surface area contributed by atoms with E-state index in [4.69, 9.17) is 0 Å². The second-order valence-corrected chi connectivity index (χ2v) is 11.6. The summed E-state index contributed by atoms with van der Waals surface area (Å²) in [4.78, 5) is 0. The van der Waals surface area contributed by atoms with Crippen molar-refractivity contribution in [2.45, 2.75) is 19.3 Å². The number of hydrogen-bond acceptors (Lipinski definition) is 0. The Hall–Kier alpha value is 1.92. The van der Waals surface area contributed by atoms with Crippen molar-refractivity contribution < 1.29 is 0 Å². The first-order valence-corrected chi connectivity index (χ1v) is 7.38. The molecule has 0 aromatic heterocycles. The Balaban J connectivity index is 1.80. The molecule has 3 saturated carbocycles. The van der Waals surface area contributed by atoms with Gasteiger partial charge in [-0.2, -0.15) is 0 Å². The molecule has 3 aliphatic rings. The van der Waals surface area contributed by atoms with Crippen LogP contribution in [0.5, 0.6) is 0 Å². The van der Waals surface area contributed by atoms with Gasteiger partial charge in [0.25, 0.3) is 0 Å². The fourth-order valence-electron chi connectivity index (χ4n) is 2.75. The lowest BCUT2D eigenvalue weighted by Gasteiger charge is -2.02. The van der Waals surface area contributed by atoms with E-state index in [0.29, 0.717) is 6.47 Å². The molecule has 0 spiro atoms. The molecule has 12 heavy (non-hydrogen) atoms. The van der Waals surface area contributed by atoms with Gasteiger partial charge in [0.1, 0.15) is 0 Å². The molecule has 68 valence electrons. The topological polar surface area (TPSA) is 0 Å². The summed E-state index contributed by atoms with van der Waals surface area (Å²) in [5, 5.41) is 0. The van der Waals surface area contributed by atoms with Crippen LogP contribution in [0, 0.1) is 23.7 Å². The summed E-state index contributed by atoms with van der Waals surface area (Å²) < 4.78 is 0.618. The number of fused-ring (bicyclic) bond motifs is 2. The van der Waals surface area contributed by atoms with Crippen LogP contribution in [0.15, 0.2) is 0 Å². The molecule has 3 fully saturated rings. The number of rotatable bonds is 0.